The Balaban J connectivity index is 1.77. The fourth-order valence-electron chi connectivity index (χ4n) is 4.09. The highest BCUT2D eigenvalue weighted by Gasteiger charge is 2.41. The Bertz CT molecular complexity index is 445. The third-order valence-corrected chi connectivity index (χ3v) is 5.60. The molecule has 1 aromatic rings. The van der Waals surface area contributed by atoms with Crippen molar-refractivity contribution in [3.05, 3.63) is 35.4 Å². The maximum Gasteiger partial charge on any atom is 0.0338 e. The van der Waals surface area contributed by atoms with Crippen molar-refractivity contribution in [3.8, 4) is 0 Å². The third kappa shape index (κ3) is 3.32. The first kappa shape index (κ1) is 15.1. The largest absolute Gasteiger partial charge is 0.311 e. The summed E-state index contributed by atoms with van der Waals surface area (Å²) in [6.45, 7) is 8.01. The minimum atomic E-state index is 0.425. The molecule has 1 unspecified atom stereocenters. The van der Waals surface area contributed by atoms with Gasteiger partial charge in [0, 0.05) is 31.2 Å². The van der Waals surface area contributed by atoms with Gasteiger partial charge in [0.1, 0.15) is 0 Å². The molecule has 1 spiro atoms. The monoisotopic (exact) mass is 286 g/mol. The zero-order valence-corrected chi connectivity index (χ0v) is 13.7. The van der Waals surface area contributed by atoms with E-state index in [1.54, 1.807) is 0 Å². The van der Waals surface area contributed by atoms with Gasteiger partial charge in [-0.3, -0.25) is 4.90 Å². The smallest absolute Gasteiger partial charge is 0.0338 e. The van der Waals surface area contributed by atoms with Crippen LogP contribution in [0.4, 0.5) is 0 Å². The lowest BCUT2D eigenvalue weighted by Crippen LogP contribution is -2.64. The number of rotatable bonds is 3. The number of benzene rings is 1. The Morgan fingerprint density at radius 3 is 2.52 bits per heavy atom. The number of piperazine rings is 1. The molecule has 116 valence electrons. The standard InChI is InChI=1S/C19H30N2/c1-3-18-14-21(13-17-9-7-16(2)8-10-17)19(15-20-18)11-5-4-6-12-19/h7-10,18,20H,3-6,11-15H2,1-2H3. The fourth-order valence-corrected chi connectivity index (χ4v) is 4.09. The van der Waals surface area contributed by atoms with Crippen LogP contribution in [0.1, 0.15) is 56.6 Å². The molecule has 0 aromatic heterocycles. The summed E-state index contributed by atoms with van der Waals surface area (Å²) in [5, 5.41) is 3.81. The van der Waals surface area contributed by atoms with Crippen LogP contribution in [0.5, 0.6) is 0 Å². The van der Waals surface area contributed by atoms with Crippen LogP contribution in [0, 0.1) is 6.92 Å². The Morgan fingerprint density at radius 2 is 1.86 bits per heavy atom. The molecule has 0 radical (unpaired) electrons. The molecule has 2 aliphatic rings. The first-order valence-corrected chi connectivity index (χ1v) is 8.76. The minimum absolute atomic E-state index is 0.425. The number of nitrogens with zero attached hydrogens (tertiary/aromatic N) is 1. The minimum Gasteiger partial charge on any atom is -0.311 e. The lowest BCUT2D eigenvalue weighted by molar-refractivity contribution is 0.00273. The van der Waals surface area contributed by atoms with Gasteiger partial charge in [-0.1, -0.05) is 56.0 Å². The van der Waals surface area contributed by atoms with E-state index in [-0.39, 0.29) is 0 Å². The summed E-state index contributed by atoms with van der Waals surface area (Å²) in [5.41, 5.74) is 3.26. The summed E-state index contributed by atoms with van der Waals surface area (Å²) < 4.78 is 0. The van der Waals surface area contributed by atoms with Gasteiger partial charge in [0.25, 0.3) is 0 Å². The predicted molar refractivity (Wildman–Crippen MR) is 89.5 cm³/mol. The molecule has 21 heavy (non-hydrogen) atoms. The molecule has 1 atom stereocenters. The van der Waals surface area contributed by atoms with Gasteiger partial charge in [-0.25, -0.2) is 0 Å². The van der Waals surface area contributed by atoms with Gasteiger partial charge >= 0.3 is 0 Å². The van der Waals surface area contributed by atoms with Crippen molar-refractivity contribution < 1.29 is 0 Å². The first-order chi connectivity index (χ1) is 10.2. The average molecular weight is 286 g/mol. The summed E-state index contributed by atoms with van der Waals surface area (Å²) in [6, 6.07) is 9.80. The lowest BCUT2D eigenvalue weighted by Gasteiger charge is -2.52. The van der Waals surface area contributed by atoms with E-state index in [0.29, 0.717) is 11.6 Å². The quantitative estimate of drug-likeness (QED) is 0.907. The average Bonchev–Trinajstić information content (AvgIpc) is 2.53. The van der Waals surface area contributed by atoms with E-state index < -0.39 is 0 Å². The Kier molecular flexibility index (Phi) is 4.66. The molecule has 1 aliphatic carbocycles. The van der Waals surface area contributed by atoms with E-state index in [1.807, 2.05) is 0 Å². The molecule has 1 heterocycles. The maximum absolute atomic E-state index is 3.81. The van der Waals surface area contributed by atoms with Crippen LogP contribution in [0.3, 0.4) is 0 Å². The highest BCUT2D eigenvalue weighted by atomic mass is 15.3. The maximum atomic E-state index is 3.81. The highest BCUT2D eigenvalue weighted by Crippen LogP contribution is 2.36. The zero-order chi connectivity index (χ0) is 14.7. The van der Waals surface area contributed by atoms with Crippen molar-refractivity contribution in [1.82, 2.24) is 10.2 Å². The Morgan fingerprint density at radius 1 is 1.14 bits per heavy atom. The normalized spacial score (nSPS) is 26.1. The van der Waals surface area contributed by atoms with E-state index in [0.717, 1.165) is 6.54 Å². The van der Waals surface area contributed by atoms with Gasteiger partial charge in [-0.15, -0.1) is 0 Å². The SMILES string of the molecule is CCC1CN(Cc2ccc(C)cc2)C2(CCCCC2)CN1. The Hall–Kier alpha value is -0.860. The summed E-state index contributed by atoms with van der Waals surface area (Å²) in [5.74, 6) is 0. The van der Waals surface area contributed by atoms with Crippen molar-refractivity contribution in [2.24, 2.45) is 0 Å². The van der Waals surface area contributed by atoms with Crippen LogP contribution in [0.15, 0.2) is 24.3 Å². The molecule has 1 aliphatic heterocycles. The second kappa shape index (κ2) is 6.50. The van der Waals surface area contributed by atoms with E-state index >= 15 is 0 Å². The lowest BCUT2D eigenvalue weighted by atomic mass is 9.78. The summed E-state index contributed by atoms with van der Waals surface area (Å²) in [6.07, 6.45) is 8.23. The first-order valence-electron chi connectivity index (χ1n) is 8.76. The zero-order valence-electron chi connectivity index (χ0n) is 13.7. The molecule has 1 saturated heterocycles. The summed E-state index contributed by atoms with van der Waals surface area (Å²) in [7, 11) is 0. The fraction of sp³-hybridized carbons (Fsp3) is 0.684. The molecule has 2 nitrogen and oxygen atoms in total. The van der Waals surface area contributed by atoms with Crippen LogP contribution < -0.4 is 5.32 Å². The highest BCUT2D eigenvalue weighted by molar-refractivity contribution is 5.22. The van der Waals surface area contributed by atoms with E-state index in [4.69, 9.17) is 0 Å². The van der Waals surface area contributed by atoms with E-state index in [1.165, 1.54) is 62.7 Å². The molecule has 1 N–H and O–H groups in total. The van der Waals surface area contributed by atoms with Crippen LogP contribution in [0.2, 0.25) is 0 Å². The van der Waals surface area contributed by atoms with Crippen molar-refractivity contribution in [2.45, 2.75) is 70.5 Å². The second-order valence-corrected chi connectivity index (χ2v) is 7.14. The van der Waals surface area contributed by atoms with Crippen LogP contribution in [-0.4, -0.2) is 29.6 Å². The van der Waals surface area contributed by atoms with Gasteiger partial charge < -0.3 is 5.32 Å². The molecule has 1 aromatic carbocycles. The molecule has 2 heteroatoms. The molecule has 0 bridgehead atoms. The van der Waals surface area contributed by atoms with Crippen LogP contribution >= 0.6 is 0 Å². The number of nitrogens with one attached hydrogen (secondary N) is 1. The van der Waals surface area contributed by atoms with Gasteiger partial charge in [-0.05, 0) is 31.7 Å². The molecular formula is C19H30N2. The Labute approximate surface area is 129 Å². The van der Waals surface area contributed by atoms with Crippen molar-refractivity contribution in [3.63, 3.8) is 0 Å². The topological polar surface area (TPSA) is 15.3 Å². The van der Waals surface area contributed by atoms with E-state index in [2.05, 4.69) is 48.3 Å². The van der Waals surface area contributed by atoms with Gasteiger partial charge in [0.2, 0.25) is 0 Å². The summed E-state index contributed by atoms with van der Waals surface area (Å²) >= 11 is 0. The number of hydrogen-bond donors (Lipinski definition) is 1. The van der Waals surface area contributed by atoms with E-state index in [9.17, 15) is 0 Å². The van der Waals surface area contributed by atoms with Crippen molar-refractivity contribution >= 4 is 0 Å². The molecule has 1 saturated carbocycles. The second-order valence-electron chi connectivity index (χ2n) is 7.14. The van der Waals surface area contributed by atoms with Crippen LogP contribution in [-0.2, 0) is 6.54 Å². The molecule has 2 fully saturated rings. The van der Waals surface area contributed by atoms with Crippen LogP contribution in [0.25, 0.3) is 0 Å². The van der Waals surface area contributed by atoms with Gasteiger partial charge in [0.05, 0.1) is 0 Å². The molecular weight excluding hydrogens is 256 g/mol. The third-order valence-electron chi connectivity index (χ3n) is 5.60. The number of hydrogen-bond acceptors (Lipinski definition) is 2. The number of aryl methyl sites for hydroxylation is 1. The van der Waals surface area contributed by atoms with Crippen molar-refractivity contribution in [1.29, 1.82) is 0 Å². The van der Waals surface area contributed by atoms with Crippen molar-refractivity contribution in [2.75, 3.05) is 13.1 Å². The predicted octanol–water partition coefficient (Wildman–Crippen LogP) is 3.88. The molecule has 3 rings (SSSR count). The van der Waals surface area contributed by atoms with Gasteiger partial charge in [0.15, 0.2) is 0 Å². The summed E-state index contributed by atoms with van der Waals surface area (Å²) in [4.78, 5) is 2.81. The van der Waals surface area contributed by atoms with Gasteiger partial charge in [-0.2, -0.15) is 0 Å². The molecule has 0 amide bonds.